The van der Waals surface area contributed by atoms with Crippen LogP contribution in [0.3, 0.4) is 0 Å². The molecule has 3 nitrogen and oxygen atoms in total. The summed E-state index contributed by atoms with van der Waals surface area (Å²) in [6.45, 7) is 6.67. The molecule has 0 amide bonds. The highest BCUT2D eigenvalue weighted by Crippen LogP contribution is 2.24. The number of halogens is 2. The van der Waals surface area contributed by atoms with E-state index >= 15 is 0 Å². The van der Waals surface area contributed by atoms with Crippen LogP contribution in [-0.4, -0.2) is 55.0 Å². The predicted octanol–water partition coefficient (Wildman–Crippen LogP) is 2.97. The molecule has 0 aromatic heterocycles. The summed E-state index contributed by atoms with van der Waals surface area (Å²) in [6.07, 6.45) is 0. The highest BCUT2D eigenvalue weighted by Gasteiger charge is 2.17. The second-order valence-electron chi connectivity index (χ2n) is 4.76. The fourth-order valence-corrected chi connectivity index (χ4v) is 3.31. The molecule has 1 aromatic rings. The molecule has 0 spiro atoms. The van der Waals surface area contributed by atoms with Gasteiger partial charge in [0.2, 0.25) is 0 Å². The van der Waals surface area contributed by atoms with E-state index in [1.807, 2.05) is 12.1 Å². The average Bonchev–Trinajstić information content (AvgIpc) is 2.42. The lowest BCUT2D eigenvalue weighted by molar-refractivity contribution is 0.132. The molecule has 1 saturated heterocycles. The van der Waals surface area contributed by atoms with Crippen LogP contribution in [0.25, 0.3) is 0 Å². The summed E-state index contributed by atoms with van der Waals surface area (Å²) in [4.78, 5) is 5.00. The van der Waals surface area contributed by atoms with E-state index in [0.717, 1.165) is 54.8 Å². The minimum atomic E-state index is 0.963. The lowest BCUT2D eigenvalue weighted by Crippen LogP contribution is -2.46. The maximum atomic E-state index is 5.44. The average molecular weight is 392 g/mol. The molecule has 1 aromatic carbocycles. The molecule has 0 atom stereocenters. The first kappa shape index (κ1) is 15.3. The van der Waals surface area contributed by atoms with Gasteiger partial charge in [0.25, 0.3) is 0 Å². The number of hydrogen-bond acceptors (Lipinski definition) is 3. The van der Waals surface area contributed by atoms with Gasteiger partial charge in [-0.05, 0) is 18.2 Å². The Kier molecular flexibility index (Phi) is 6.13. The van der Waals surface area contributed by atoms with Crippen LogP contribution in [0.15, 0.2) is 22.7 Å². The molecule has 0 radical (unpaired) electrons. The molecule has 0 bridgehead atoms. The highest BCUT2D eigenvalue weighted by atomic mass is 79.9. The Balaban J connectivity index is 1.93. The molecule has 0 unspecified atom stereocenters. The summed E-state index contributed by atoms with van der Waals surface area (Å²) in [5, 5.41) is 1.06. The molecule has 106 valence electrons. The molecule has 1 heterocycles. The fourth-order valence-electron chi connectivity index (χ4n) is 2.40. The second-order valence-corrected chi connectivity index (χ2v) is 6.47. The SMILES string of the molecule is COc1ccc(Br)cc1CN1CCN(CCBr)CC1. The topological polar surface area (TPSA) is 15.7 Å². The third-order valence-corrected chi connectivity index (χ3v) is 4.35. The van der Waals surface area contributed by atoms with Crippen LogP contribution >= 0.6 is 31.9 Å². The van der Waals surface area contributed by atoms with Crippen molar-refractivity contribution in [2.24, 2.45) is 0 Å². The molecule has 1 fully saturated rings. The van der Waals surface area contributed by atoms with Crippen molar-refractivity contribution in [3.63, 3.8) is 0 Å². The molecular formula is C14H20Br2N2O. The van der Waals surface area contributed by atoms with Gasteiger partial charge in [0.05, 0.1) is 7.11 Å². The summed E-state index contributed by atoms with van der Waals surface area (Å²) in [6, 6.07) is 6.21. The van der Waals surface area contributed by atoms with Crippen molar-refractivity contribution in [1.29, 1.82) is 0 Å². The number of piperazine rings is 1. The Labute approximate surface area is 132 Å². The van der Waals surface area contributed by atoms with Crippen LogP contribution < -0.4 is 4.74 Å². The lowest BCUT2D eigenvalue weighted by atomic mass is 10.1. The monoisotopic (exact) mass is 390 g/mol. The van der Waals surface area contributed by atoms with E-state index in [2.05, 4.69) is 47.7 Å². The largest absolute Gasteiger partial charge is 0.496 e. The quantitative estimate of drug-likeness (QED) is 0.717. The third kappa shape index (κ3) is 4.45. The van der Waals surface area contributed by atoms with Crippen molar-refractivity contribution in [2.75, 3.05) is 45.2 Å². The molecule has 1 aliphatic rings. The zero-order valence-corrected chi connectivity index (χ0v) is 14.4. The minimum absolute atomic E-state index is 0.963. The van der Waals surface area contributed by atoms with Gasteiger partial charge in [-0.3, -0.25) is 9.80 Å². The molecular weight excluding hydrogens is 372 g/mol. The number of alkyl halides is 1. The maximum Gasteiger partial charge on any atom is 0.123 e. The summed E-state index contributed by atoms with van der Waals surface area (Å²) in [5.41, 5.74) is 1.26. The summed E-state index contributed by atoms with van der Waals surface area (Å²) in [5.74, 6) is 0.978. The van der Waals surface area contributed by atoms with Gasteiger partial charge < -0.3 is 4.74 Å². The summed E-state index contributed by atoms with van der Waals surface area (Å²) in [7, 11) is 1.74. The summed E-state index contributed by atoms with van der Waals surface area (Å²) >= 11 is 7.04. The predicted molar refractivity (Wildman–Crippen MR) is 86.2 cm³/mol. The van der Waals surface area contributed by atoms with Crippen LogP contribution in [0, 0.1) is 0 Å². The van der Waals surface area contributed by atoms with Crippen LogP contribution in [0.5, 0.6) is 5.75 Å². The molecule has 2 rings (SSSR count). The van der Waals surface area contributed by atoms with E-state index in [4.69, 9.17) is 4.74 Å². The number of benzene rings is 1. The van der Waals surface area contributed by atoms with Crippen molar-refractivity contribution in [3.8, 4) is 5.75 Å². The smallest absolute Gasteiger partial charge is 0.123 e. The van der Waals surface area contributed by atoms with Crippen LogP contribution in [-0.2, 0) is 6.54 Å². The van der Waals surface area contributed by atoms with Gasteiger partial charge in [-0.25, -0.2) is 0 Å². The van der Waals surface area contributed by atoms with Crippen LogP contribution in [0.2, 0.25) is 0 Å². The minimum Gasteiger partial charge on any atom is -0.496 e. The van der Waals surface area contributed by atoms with E-state index in [-0.39, 0.29) is 0 Å². The van der Waals surface area contributed by atoms with Gasteiger partial charge in [-0.2, -0.15) is 0 Å². The first-order valence-corrected chi connectivity index (χ1v) is 8.47. The standard InChI is InChI=1S/C14H20Br2N2O/c1-19-14-3-2-13(16)10-12(14)11-18-8-6-17(5-4-15)7-9-18/h2-3,10H,4-9,11H2,1H3. The maximum absolute atomic E-state index is 5.44. The van der Waals surface area contributed by atoms with E-state index in [1.165, 1.54) is 5.56 Å². The number of methoxy groups -OCH3 is 1. The number of nitrogens with zero attached hydrogens (tertiary/aromatic N) is 2. The first-order chi connectivity index (χ1) is 9.22. The van der Waals surface area contributed by atoms with Crippen molar-refractivity contribution in [2.45, 2.75) is 6.54 Å². The molecule has 1 aliphatic heterocycles. The number of rotatable bonds is 5. The Morgan fingerprint density at radius 3 is 2.47 bits per heavy atom. The zero-order valence-electron chi connectivity index (χ0n) is 11.2. The number of ether oxygens (including phenoxy) is 1. The van der Waals surface area contributed by atoms with E-state index in [1.54, 1.807) is 7.11 Å². The number of hydrogen-bond donors (Lipinski definition) is 0. The van der Waals surface area contributed by atoms with Crippen molar-refractivity contribution in [1.82, 2.24) is 9.80 Å². The van der Waals surface area contributed by atoms with Crippen LogP contribution in [0.4, 0.5) is 0 Å². The first-order valence-electron chi connectivity index (χ1n) is 6.56. The highest BCUT2D eigenvalue weighted by molar-refractivity contribution is 9.10. The lowest BCUT2D eigenvalue weighted by Gasteiger charge is -2.34. The molecule has 19 heavy (non-hydrogen) atoms. The molecule has 0 aliphatic carbocycles. The van der Waals surface area contributed by atoms with Crippen molar-refractivity contribution < 1.29 is 4.74 Å². The molecule has 0 saturated carbocycles. The van der Waals surface area contributed by atoms with E-state index < -0.39 is 0 Å². The molecule has 5 heteroatoms. The fraction of sp³-hybridized carbons (Fsp3) is 0.571. The van der Waals surface area contributed by atoms with Gasteiger partial charge >= 0.3 is 0 Å². The Morgan fingerprint density at radius 2 is 1.84 bits per heavy atom. The van der Waals surface area contributed by atoms with E-state index in [9.17, 15) is 0 Å². The second kappa shape index (κ2) is 7.62. The molecule has 0 N–H and O–H groups in total. The normalized spacial score (nSPS) is 17.6. The van der Waals surface area contributed by atoms with Gasteiger partial charge in [0, 0.05) is 54.6 Å². The van der Waals surface area contributed by atoms with Crippen LogP contribution in [0.1, 0.15) is 5.56 Å². The zero-order chi connectivity index (χ0) is 13.7. The van der Waals surface area contributed by atoms with Crippen molar-refractivity contribution in [3.05, 3.63) is 28.2 Å². The van der Waals surface area contributed by atoms with Gasteiger partial charge in [-0.1, -0.05) is 31.9 Å². The van der Waals surface area contributed by atoms with Gasteiger partial charge in [0.1, 0.15) is 5.75 Å². The van der Waals surface area contributed by atoms with Crippen molar-refractivity contribution >= 4 is 31.9 Å². The Bertz CT molecular complexity index is 406. The summed E-state index contributed by atoms with van der Waals surface area (Å²) < 4.78 is 6.55. The Hall–Kier alpha value is -0.100. The Morgan fingerprint density at radius 1 is 1.16 bits per heavy atom. The van der Waals surface area contributed by atoms with Gasteiger partial charge in [0.15, 0.2) is 0 Å². The van der Waals surface area contributed by atoms with E-state index in [0.29, 0.717) is 0 Å². The van der Waals surface area contributed by atoms with Gasteiger partial charge in [-0.15, -0.1) is 0 Å². The third-order valence-electron chi connectivity index (χ3n) is 3.50.